The minimum absolute atomic E-state index is 0.0693. The van der Waals surface area contributed by atoms with Crippen LogP contribution < -0.4 is 14.4 Å². The van der Waals surface area contributed by atoms with Gasteiger partial charge in [0.05, 0.1) is 35.1 Å². The van der Waals surface area contributed by atoms with Crippen LogP contribution >= 0.6 is 11.6 Å². The average Bonchev–Trinajstić information content (AvgIpc) is 2.88. The van der Waals surface area contributed by atoms with Crippen LogP contribution in [0.4, 0.5) is 5.69 Å². The number of sulfonamides is 1. The molecule has 1 aliphatic rings. The van der Waals surface area contributed by atoms with Gasteiger partial charge in [0.1, 0.15) is 5.75 Å². The number of para-hydroxylation sites is 1. The highest BCUT2D eigenvalue weighted by Crippen LogP contribution is 2.31. The number of carbonyl (C=O) groups excluding carboxylic acids is 2. The molecule has 0 spiro atoms. The van der Waals surface area contributed by atoms with Gasteiger partial charge in [-0.1, -0.05) is 36.7 Å². The molecule has 1 atom stereocenters. The average molecular weight is 437 g/mol. The molecule has 1 N–H and O–H groups in total. The quantitative estimate of drug-likeness (QED) is 0.751. The Morgan fingerprint density at radius 3 is 2.62 bits per heavy atom. The molecule has 1 saturated heterocycles. The summed E-state index contributed by atoms with van der Waals surface area (Å²) in [6.07, 6.45) is 0.573. The molecule has 0 radical (unpaired) electrons. The van der Waals surface area contributed by atoms with Crippen molar-refractivity contribution in [3.63, 3.8) is 0 Å². The number of rotatable bonds is 6. The summed E-state index contributed by atoms with van der Waals surface area (Å²) in [5.41, 5.74) is 1.30. The summed E-state index contributed by atoms with van der Waals surface area (Å²) >= 11 is 6.21. The van der Waals surface area contributed by atoms with Crippen LogP contribution in [0.2, 0.25) is 5.02 Å². The summed E-state index contributed by atoms with van der Waals surface area (Å²) in [7, 11) is -2.14. The summed E-state index contributed by atoms with van der Waals surface area (Å²) < 4.78 is 30.5. The molecular formula is C20H21ClN2O5S. The Morgan fingerprint density at radius 2 is 2.00 bits per heavy atom. The van der Waals surface area contributed by atoms with E-state index in [2.05, 4.69) is 5.32 Å². The highest BCUT2D eigenvalue weighted by Gasteiger charge is 2.42. The fourth-order valence-corrected chi connectivity index (χ4v) is 5.29. The van der Waals surface area contributed by atoms with Crippen molar-refractivity contribution in [2.24, 2.45) is 5.92 Å². The van der Waals surface area contributed by atoms with Gasteiger partial charge in [-0.3, -0.25) is 9.59 Å². The van der Waals surface area contributed by atoms with Crippen molar-refractivity contribution in [2.45, 2.75) is 13.3 Å². The largest absolute Gasteiger partial charge is 0.496 e. The first-order valence-corrected chi connectivity index (χ1v) is 11.0. The number of carbonyl (C=O) groups is 2. The molecule has 9 heteroatoms. The SMILES string of the molecule is COc1ccccc1CCNC(=O)c1ccc(N2C(=O)C(C)CS2(=O)=O)cc1Cl. The monoisotopic (exact) mass is 436 g/mol. The van der Waals surface area contributed by atoms with Crippen molar-refractivity contribution in [1.29, 1.82) is 0 Å². The number of anilines is 1. The summed E-state index contributed by atoms with van der Waals surface area (Å²) in [6.45, 7) is 1.93. The zero-order valence-electron chi connectivity index (χ0n) is 16.0. The van der Waals surface area contributed by atoms with Crippen molar-refractivity contribution in [2.75, 3.05) is 23.7 Å². The van der Waals surface area contributed by atoms with Crippen LogP contribution in [0.1, 0.15) is 22.8 Å². The second-order valence-electron chi connectivity index (χ2n) is 6.76. The molecule has 1 fully saturated rings. The Morgan fingerprint density at radius 1 is 1.28 bits per heavy atom. The molecule has 1 heterocycles. The molecule has 2 aromatic carbocycles. The number of methoxy groups -OCH3 is 1. The Balaban J connectivity index is 1.70. The molecule has 0 bridgehead atoms. The summed E-state index contributed by atoms with van der Waals surface area (Å²) in [5, 5.41) is 2.85. The zero-order chi connectivity index (χ0) is 21.2. The van der Waals surface area contributed by atoms with Crippen LogP contribution in [0.3, 0.4) is 0 Å². The fraction of sp³-hybridized carbons (Fsp3) is 0.300. The van der Waals surface area contributed by atoms with E-state index in [1.54, 1.807) is 14.0 Å². The zero-order valence-corrected chi connectivity index (χ0v) is 17.6. The number of hydrogen-bond donors (Lipinski definition) is 1. The van der Waals surface area contributed by atoms with E-state index in [1.165, 1.54) is 18.2 Å². The maximum atomic E-state index is 12.5. The number of nitrogens with one attached hydrogen (secondary N) is 1. The van der Waals surface area contributed by atoms with E-state index >= 15 is 0 Å². The predicted octanol–water partition coefficient (Wildman–Crippen LogP) is 2.63. The van der Waals surface area contributed by atoms with E-state index in [-0.39, 0.29) is 27.9 Å². The van der Waals surface area contributed by atoms with Gasteiger partial charge in [0.2, 0.25) is 15.9 Å². The molecule has 1 aliphatic heterocycles. The summed E-state index contributed by atoms with van der Waals surface area (Å²) in [5.74, 6) is -1.00. The van der Waals surface area contributed by atoms with Gasteiger partial charge in [-0.15, -0.1) is 0 Å². The van der Waals surface area contributed by atoms with Crippen LogP contribution in [0.5, 0.6) is 5.75 Å². The Hall–Kier alpha value is -2.58. The van der Waals surface area contributed by atoms with Crippen LogP contribution in [-0.4, -0.2) is 39.6 Å². The number of halogens is 1. The smallest absolute Gasteiger partial charge is 0.252 e. The summed E-state index contributed by atoms with van der Waals surface area (Å²) in [4.78, 5) is 24.7. The lowest BCUT2D eigenvalue weighted by molar-refractivity contribution is -0.119. The van der Waals surface area contributed by atoms with Gasteiger partial charge in [-0.2, -0.15) is 0 Å². The molecule has 0 aromatic heterocycles. The first-order valence-electron chi connectivity index (χ1n) is 9.01. The molecule has 0 saturated carbocycles. The van der Waals surface area contributed by atoms with Crippen LogP contribution in [0, 0.1) is 5.92 Å². The lowest BCUT2D eigenvalue weighted by Gasteiger charge is -2.16. The normalized spacial score (nSPS) is 18.0. The highest BCUT2D eigenvalue weighted by molar-refractivity contribution is 7.94. The van der Waals surface area contributed by atoms with Gasteiger partial charge >= 0.3 is 0 Å². The molecule has 3 rings (SSSR count). The molecule has 29 heavy (non-hydrogen) atoms. The van der Waals surface area contributed by atoms with E-state index in [1.807, 2.05) is 24.3 Å². The van der Waals surface area contributed by atoms with Gasteiger partial charge < -0.3 is 10.1 Å². The molecular weight excluding hydrogens is 416 g/mol. The second-order valence-corrected chi connectivity index (χ2v) is 9.03. The minimum Gasteiger partial charge on any atom is -0.496 e. The molecule has 0 aliphatic carbocycles. The first-order chi connectivity index (χ1) is 13.7. The maximum Gasteiger partial charge on any atom is 0.252 e. The van der Waals surface area contributed by atoms with Crippen LogP contribution in [0.25, 0.3) is 0 Å². The van der Waals surface area contributed by atoms with E-state index < -0.39 is 21.8 Å². The number of amides is 2. The third-order valence-electron chi connectivity index (χ3n) is 4.66. The maximum absolute atomic E-state index is 12.5. The highest BCUT2D eigenvalue weighted by atomic mass is 35.5. The van der Waals surface area contributed by atoms with Gasteiger partial charge in [-0.25, -0.2) is 12.7 Å². The van der Waals surface area contributed by atoms with E-state index in [4.69, 9.17) is 16.3 Å². The molecule has 1 unspecified atom stereocenters. The van der Waals surface area contributed by atoms with Gasteiger partial charge in [0, 0.05) is 6.54 Å². The van der Waals surface area contributed by atoms with Crippen LogP contribution in [-0.2, 0) is 21.2 Å². The summed E-state index contributed by atoms with van der Waals surface area (Å²) in [6, 6.07) is 11.7. The minimum atomic E-state index is -3.73. The van der Waals surface area contributed by atoms with E-state index in [0.717, 1.165) is 15.6 Å². The molecule has 7 nitrogen and oxygen atoms in total. The van der Waals surface area contributed by atoms with Crippen LogP contribution in [0.15, 0.2) is 42.5 Å². The number of ether oxygens (including phenoxy) is 1. The Kier molecular flexibility index (Phi) is 6.14. The number of nitrogens with zero attached hydrogens (tertiary/aromatic N) is 1. The predicted molar refractivity (Wildman–Crippen MR) is 111 cm³/mol. The Bertz CT molecular complexity index is 1050. The topological polar surface area (TPSA) is 92.8 Å². The van der Waals surface area contributed by atoms with Crippen molar-refractivity contribution in [3.05, 3.63) is 58.6 Å². The standard InChI is InChI=1S/C20H21ClN2O5S/c1-13-12-29(26,27)23(20(13)25)15-7-8-16(17(21)11-15)19(24)22-10-9-14-5-3-4-6-18(14)28-2/h3-8,11,13H,9-10,12H2,1-2H3,(H,22,24). The molecule has 2 aromatic rings. The van der Waals surface area contributed by atoms with Crippen molar-refractivity contribution in [1.82, 2.24) is 5.32 Å². The van der Waals surface area contributed by atoms with Gasteiger partial charge in [-0.05, 0) is 36.2 Å². The Labute approximate surface area is 174 Å². The second kappa shape index (κ2) is 8.42. The van der Waals surface area contributed by atoms with Gasteiger partial charge in [0.15, 0.2) is 0 Å². The van der Waals surface area contributed by atoms with Crippen molar-refractivity contribution >= 4 is 39.1 Å². The third-order valence-corrected chi connectivity index (χ3v) is 6.85. The molecule has 2 amide bonds. The van der Waals surface area contributed by atoms with Gasteiger partial charge in [0.25, 0.3) is 5.91 Å². The lowest BCUT2D eigenvalue weighted by Crippen LogP contribution is -2.30. The number of benzene rings is 2. The van der Waals surface area contributed by atoms with Crippen molar-refractivity contribution in [3.8, 4) is 5.75 Å². The third kappa shape index (κ3) is 4.38. The lowest BCUT2D eigenvalue weighted by atomic mass is 10.1. The fourth-order valence-electron chi connectivity index (χ4n) is 3.22. The van der Waals surface area contributed by atoms with E-state index in [9.17, 15) is 18.0 Å². The van der Waals surface area contributed by atoms with Crippen molar-refractivity contribution < 1.29 is 22.7 Å². The van der Waals surface area contributed by atoms with E-state index in [0.29, 0.717) is 13.0 Å². The number of hydrogen-bond acceptors (Lipinski definition) is 5. The molecule has 154 valence electrons. The first kappa shape index (κ1) is 21.1.